The van der Waals surface area contributed by atoms with Crippen molar-refractivity contribution in [3.05, 3.63) is 65.1 Å². The topological polar surface area (TPSA) is 97.4 Å². The van der Waals surface area contributed by atoms with E-state index in [4.69, 9.17) is 17.3 Å². The first-order chi connectivity index (χ1) is 14.9. The Morgan fingerprint density at radius 3 is 2.71 bits per heavy atom. The second kappa shape index (κ2) is 8.39. The summed E-state index contributed by atoms with van der Waals surface area (Å²) in [6, 6.07) is 10.8. The van der Waals surface area contributed by atoms with E-state index in [0.29, 0.717) is 35.9 Å². The van der Waals surface area contributed by atoms with Gasteiger partial charge in [0.25, 0.3) is 5.91 Å². The Morgan fingerprint density at radius 2 is 1.94 bits per heavy atom. The normalized spacial score (nSPS) is 15.9. The number of halogens is 2. The van der Waals surface area contributed by atoms with Crippen LogP contribution >= 0.6 is 11.6 Å². The van der Waals surface area contributed by atoms with Crippen molar-refractivity contribution in [3.63, 3.8) is 0 Å². The number of carbonyl (C=O) groups is 3. The molecule has 1 aliphatic rings. The van der Waals surface area contributed by atoms with E-state index in [1.807, 2.05) is 0 Å². The largest absolute Gasteiger partial charge is 0.366 e. The Labute approximate surface area is 182 Å². The lowest BCUT2D eigenvalue weighted by Crippen LogP contribution is -2.44. The number of para-hydroxylation sites is 1. The van der Waals surface area contributed by atoms with Crippen molar-refractivity contribution in [3.8, 4) is 0 Å². The summed E-state index contributed by atoms with van der Waals surface area (Å²) in [4.78, 5) is 39.0. The molecule has 9 heteroatoms. The third-order valence-electron chi connectivity index (χ3n) is 5.44. The van der Waals surface area contributed by atoms with Crippen molar-refractivity contribution < 1.29 is 18.8 Å². The first-order valence-corrected chi connectivity index (χ1v) is 10.2. The maximum Gasteiger partial charge on any atom is 0.250 e. The molecule has 2 aromatic carbocycles. The first-order valence-electron chi connectivity index (χ1n) is 9.79. The molecule has 3 amide bonds. The van der Waals surface area contributed by atoms with E-state index in [-0.39, 0.29) is 23.2 Å². The van der Waals surface area contributed by atoms with E-state index in [9.17, 15) is 18.8 Å². The molecule has 0 unspecified atom stereocenters. The van der Waals surface area contributed by atoms with Gasteiger partial charge in [0.15, 0.2) is 5.82 Å². The van der Waals surface area contributed by atoms with Gasteiger partial charge >= 0.3 is 0 Å². The summed E-state index contributed by atoms with van der Waals surface area (Å²) in [5, 5.41) is 3.10. The van der Waals surface area contributed by atoms with E-state index < -0.39 is 23.7 Å². The number of rotatable bonds is 5. The number of carbonyl (C=O) groups excluding carboxylic acids is 3. The van der Waals surface area contributed by atoms with Crippen LogP contribution in [0.2, 0.25) is 5.02 Å². The van der Waals surface area contributed by atoms with Gasteiger partial charge in [0.1, 0.15) is 12.6 Å². The van der Waals surface area contributed by atoms with Crippen LogP contribution in [0.5, 0.6) is 0 Å². The SMILES string of the molecule is NC(=O)c1cn(CC(=O)N2CCC[C@H]2C(=O)Nc2cccc(Cl)c2F)c2ccccc12. The predicted octanol–water partition coefficient (Wildman–Crippen LogP) is 3.16. The molecule has 4 rings (SSSR count). The Hall–Kier alpha value is -3.39. The third kappa shape index (κ3) is 3.98. The number of nitrogens with two attached hydrogens (primary N) is 1. The molecule has 1 aromatic heterocycles. The fourth-order valence-electron chi connectivity index (χ4n) is 3.96. The smallest absolute Gasteiger partial charge is 0.250 e. The van der Waals surface area contributed by atoms with Gasteiger partial charge in [0.2, 0.25) is 11.8 Å². The van der Waals surface area contributed by atoms with Gasteiger partial charge in [0.05, 0.1) is 16.3 Å². The van der Waals surface area contributed by atoms with Crippen molar-refractivity contribution in [1.29, 1.82) is 0 Å². The highest BCUT2D eigenvalue weighted by Crippen LogP contribution is 2.26. The molecule has 3 N–H and O–H groups in total. The standard InChI is InChI=1S/C22H20ClFN4O3/c23-15-6-3-7-16(20(15)24)26-22(31)18-9-4-10-28(18)19(29)12-27-11-14(21(25)30)13-5-1-2-8-17(13)27/h1-3,5-8,11,18H,4,9-10,12H2,(H2,25,30)(H,26,31)/t18-/m0/s1. The van der Waals surface area contributed by atoms with Crippen LogP contribution in [0.1, 0.15) is 23.2 Å². The molecule has 0 radical (unpaired) electrons. The van der Waals surface area contributed by atoms with Gasteiger partial charge in [0, 0.05) is 23.6 Å². The number of amides is 3. The molecule has 7 nitrogen and oxygen atoms in total. The van der Waals surface area contributed by atoms with Crippen molar-refractivity contribution in [2.24, 2.45) is 5.73 Å². The second-order valence-electron chi connectivity index (χ2n) is 7.39. The number of anilines is 1. The molecule has 1 saturated heterocycles. The number of primary amides is 1. The summed E-state index contributed by atoms with van der Waals surface area (Å²) < 4.78 is 15.8. The summed E-state index contributed by atoms with van der Waals surface area (Å²) in [5.41, 5.74) is 6.46. The van der Waals surface area contributed by atoms with Gasteiger partial charge < -0.3 is 20.5 Å². The molecule has 1 aliphatic heterocycles. The summed E-state index contributed by atoms with van der Waals surface area (Å²) in [6.45, 7) is 0.361. The summed E-state index contributed by atoms with van der Waals surface area (Å²) in [5.74, 6) is -2.04. The third-order valence-corrected chi connectivity index (χ3v) is 5.74. The average molecular weight is 443 g/mol. The Morgan fingerprint density at radius 1 is 1.16 bits per heavy atom. The number of nitrogens with zero attached hydrogens (tertiary/aromatic N) is 2. The van der Waals surface area contributed by atoms with Crippen LogP contribution in [0.25, 0.3) is 10.9 Å². The lowest BCUT2D eigenvalue weighted by atomic mass is 10.2. The lowest BCUT2D eigenvalue weighted by Gasteiger charge is -2.24. The second-order valence-corrected chi connectivity index (χ2v) is 7.80. The van der Waals surface area contributed by atoms with Gasteiger partial charge in [-0.3, -0.25) is 14.4 Å². The van der Waals surface area contributed by atoms with Gasteiger partial charge in [-0.05, 0) is 31.0 Å². The zero-order chi connectivity index (χ0) is 22.1. The minimum atomic E-state index is -0.719. The molecule has 0 bridgehead atoms. The number of hydrogen-bond acceptors (Lipinski definition) is 3. The number of nitrogens with one attached hydrogen (secondary N) is 1. The van der Waals surface area contributed by atoms with Gasteiger partial charge in [-0.25, -0.2) is 4.39 Å². The van der Waals surface area contributed by atoms with E-state index in [1.165, 1.54) is 23.1 Å². The van der Waals surface area contributed by atoms with E-state index >= 15 is 0 Å². The van der Waals surface area contributed by atoms with Crippen molar-refractivity contribution in [1.82, 2.24) is 9.47 Å². The van der Waals surface area contributed by atoms with Gasteiger partial charge in [-0.15, -0.1) is 0 Å². The van der Waals surface area contributed by atoms with Crippen LogP contribution in [0.3, 0.4) is 0 Å². The fourth-order valence-corrected chi connectivity index (χ4v) is 4.14. The van der Waals surface area contributed by atoms with Crippen molar-refractivity contribution >= 4 is 45.9 Å². The van der Waals surface area contributed by atoms with Crippen LogP contribution in [0, 0.1) is 5.82 Å². The molecule has 0 aliphatic carbocycles. The number of aromatic nitrogens is 1. The molecular weight excluding hydrogens is 423 g/mol. The average Bonchev–Trinajstić information content (AvgIpc) is 3.37. The Kier molecular flexibility index (Phi) is 5.65. The van der Waals surface area contributed by atoms with Crippen LogP contribution < -0.4 is 11.1 Å². The highest BCUT2D eigenvalue weighted by atomic mass is 35.5. The van der Waals surface area contributed by atoms with Crippen LogP contribution in [0.4, 0.5) is 10.1 Å². The molecule has 31 heavy (non-hydrogen) atoms. The zero-order valence-corrected chi connectivity index (χ0v) is 17.2. The number of fused-ring (bicyclic) bond motifs is 1. The van der Waals surface area contributed by atoms with E-state index in [0.717, 1.165) is 0 Å². The van der Waals surface area contributed by atoms with E-state index in [2.05, 4.69) is 5.32 Å². The van der Waals surface area contributed by atoms with Gasteiger partial charge in [-0.1, -0.05) is 35.9 Å². The van der Waals surface area contributed by atoms with Crippen LogP contribution in [-0.2, 0) is 16.1 Å². The summed E-state index contributed by atoms with van der Waals surface area (Å²) in [7, 11) is 0. The number of benzene rings is 2. The quantitative estimate of drug-likeness (QED) is 0.635. The predicted molar refractivity (Wildman–Crippen MR) is 115 cm³/mol. The molecule has 1 fully saturated rings. The molecular formula is C22H20ClFN4O3. The van der Waals surface area contributed by atoms with Crippen molar-refractivity contribution in [2.45, 2.75) is 25.4 Å². The zero-order valence-electron chi connectivity index (χ0n) is 16.5. The molecule has 1 atom stereocenters. The Balaban J connectivity index is 1.53. The maximum absolute atomic E-state index is 14.1. The molecule has 0 spiro atoms. The molecule has 2 heterocycles. The molecule has 0 saturated carbocycles. The van der Waals surface area contributed by atoms with Gasteiger partial charge in [-0.2, -0.15) is 0 Å². The summed E-state index contributed by atoms with van der Waals surface area (Å²) in [6.07, 6.45) is 2.68. The highest BCUT2D eigenvalue weighted by molar-refractivity contribution is 6.31. The number of likely N-dealkylation sites (tertiary alicyclic amines) is 1. The van der Waals surface area contributed by atoms with Crippen LogP contribution in [-0.4, -0.2) is 39.8 Å². The minimum absolute atomic E-state index is 0.0284. The monoisotopic (exact) mass is 442 g/mol. The van der Waals surface area contributed by atoms with Crippen LogP contribution in [0.15, 0.2) is 48.7 Å². The lowest BCUT2D eigenvalue weighted by molar-refractivity contribution is -0.137. The summed E-state index contributed by atoms with van der Waals surface area (Å²) >= 11 is 5.77. The number of hydrogen-bond donors (Lipinski definition) is 2. The van der Waals surface area contributed by atoms with Crippen molar-refractivity contribution in [2.75, 3.05) is 11.9 Å². The fraction of sp³-hybridized carbons (Fsp3) is 0.227. The van der Waals surface area contributed by atoms with E-state index in [1.54, 1.807) is 35.0 Å². The minimum Gasteiger partial charge on any atom is -0.366 e. The Bertz CT molecular complexity index is 1190. The highest BCUT2D eigenvalue weighted by Gasteiger charge is 2.34. The first kappa shape index (κ1) is 20.9. The maximum atomic E-state index is 14.1. The molecule has 3 aromatic rings. The molecule has 160 valence electrons.